The molecule has 0 unspecified atom stereocenters. The molecule has 3 aromatic heterocycles. The zero-order valence-corrected chi connectivity index (χ0v) is 15.0. The highest BCUT2D eigenvalue weighted by atomic mass is 16.5. The maximum absolute atomic E-state index is 5.46. The molecule has 1 aliphatic rings. The molecule has 0 aliphatic heterocycles. The molecular weight excluding hydrogens is 316 g/mol. The highest BCUT2D eigenvalue weighted by Gasteiger charge is 2.23. The maximum atomic E-state index is 5.46. The molecule has 7 heteroatoms. The van der Waals surface area contributed by atoms with Crippen LogP contribution in [0.15, 0.2) is 16.8 Å². The minimum atomic E-state index is -0.0254. The molecule has 4 rings (SSSR count). The molecule has 0 spiro atoms. The summed E-state index contributed by atoms with van der Waals surface area (Å²) in [4.78, 5) is 9.64. The minimum absolute atomic E-state index is 0.0254. The van der Waals surface area contributed by atoms with Gasteiger partial charge in [0.25, 0.3) is 0 Å². The number of anilines is 1. The summed E-state index contributed by atoms with van der Waals surface area (Å²) in [6.45, 7) is 4.12. The zero-order chi connectivity index (χ0) is 17.4. The summed E-state index contributed by atoms with van der Waals surface area (Å²) in [6, 6.07) is 1.97. The van der Waals surface area contributed by atoms with Crippen molar-refractivity contribution >= 4 is 16.9 Å². The van der Waals surface area contributed by atoms with Gasteiger partial charge in [0.1, 0.15) is 11.6 Å². The Kier molecular flexibility index (Phi) is 4.15. The van der Waals surface area contributed by atoms with E-state index in [-0.39, 0.29) is 6.04 Å². The van der Waals surface area contributed by atoms with Crippen molar-refractivity contribution in [2.75, 3.05) is 5.32 Å². The standard InChI is InChI=1S/C18H24N6O/c1-4-13-9-15(25-23-13)11(2)20-17-14-10-19-24(3)18(14)22-16(21-17)12-7-5-6-8-12/h9-12H,4-8H2,1-3H3,(H,20,21,22)/t11-/m0/s1. The molecule has 7 nitrogen and oxygen atoms in total. The zero-order valence-electron chi connectivity index (χ0n) is 15.0. The fraction of sp³-hybridized carbons (Fsp3) is 0.556. The van der Waals surface area contributed by atoms with Crippen LogP contribution in [0.1, 0.15) is 68.8 Å². The van der Waals surface area contributed by atoms with E-state index in [0.29, 0.717) is 5.92 Å². The molecule has 0 bridgehead atoms. The Morgan fingerprint density at radius 1 is 1.32 bits per heavy atom. The average Bonchev–Trinajstić information content (AvgIpc) is 3.36. The lowest BCUT2D eigenvalue weighted by atomic mass is 10.1. The maximum Gasteiger partial charge on any atom is 0.163 e. The molecule has 1 N–H and O–H groups in total. The molecule has 0 amide bonds. The predicted molar refractivity (Wildman–Crippen MR) is 95.4 cm³/mol. The Morgan fingerprint density at radius 2 is 2.12 bits per heavy atom. The summed E-state index contributed by atoms with van der Waals surface area (Å²) in [5.74, 6) is 3.01. The third kappa shape index (κ3) is 2.99. The quantitative estimate of drug-likeness (QED) is 0.762. The first kappa shape index (κ1) is 16.1. The number of hydrogen-bond donors (Lipinski definition) is 1. The van der Waals surface area contributed by atoms with Crippen LogP contribution in [0.3, 0.4) is 0 Å². The van der Waals surface area contributed by atoms with Gasteiger partial charge in [0.05, 0.1) is 23.3 Å². The van der Waals surface area contributed by atoms with Gasteiger partial charge in [0.2, 0.25) is 0 Å². The number of fused-ring (bicyclic) bond motifs is 1. The first-order valence-corrected chi connectivity index (χ1v) is 9.07. The van der Waals surface area contributed by atoms with Crippen LogP contribution < -0.4 is 5.32 Å². The lowest BCUT2D eigenvalue weighted by Gasteiger charge is -2.15. The normalized spacial score (nSPS) is 16.6. The highest BCUT2D eigenvalue weighted by Crippen LogP contribution is 2.34. The van der Waals surface area contributed by atoms with Crippen molar-refractivity contribution in [3.05, 3.63) is 29.5 Å². The van der Waals surface area contributed by atoms with Crippen LogP contribution in [0.25, 0.3) is 11.0 Å². The fourth-order valence-electron chi connectivity index (χ4n) is 3.49. The highest BCUT2D eigenvalue weighted by molar-refractivity contribution is 5.86. The van der Waals surface area contributed by atoms with E-state index in [1.165, 1.54) is 25.7 Å². The van der Waals surface area contributed by atoms with Gasteiger partial charge in [-0.05, 0) is 26.2 Å². The van der Waals surface area contributed by atoms with E-state index in [1.807, 2.05) is 24.0 Å². The molecule has 25 heavy (non-hydrogen) atoms. The van der Waals surface area contributed by atoms with Crippen molar-refractivity contribution in [1.82, 2.24) is 24.9 Å². The van der Waals surface area contributed by atoms with Crippen molar-refractivity contribution in [2.45, 2.75) is 57.9 Å². The predicted octanol–water partition coefficient (Wildman–Crippen LogP) is 3.74. The van der Waals surface area contributed by atoms with Gasteiger partial charge in [0.15, 0.2) is 11.4 Å². The molecule has 0 radical (unpaired) electrons. The summed E-state index contributed by atoms with van der Waals surface area (Å²) >= 11 is 0. The van der Waals surface area contributed by atoms with Gasteiger partial charge >= 0.3 is 0 Å². The monoisotopic (exact) mass is 340 g/mol. The number of nitrogens with zero attached hydrogens (tertiary/aromatic N) is 5. The van der Waals surface area contributed by atoms with Crippen LogP contribution in [0.2, 0.25) is 0 Å². The Morgan fingerprint density at radius 3 is 2.84 bits per heavy atom. The van der Waals surface area contributed by atoms with Crippen LogP contribution in [0, 0.1) is 0 Å². The fourth-order valence-corrected chi connectivity index (χ4v) is 3.49. The van der Waals surface area contributed by atoms with Gasteiger partial charge in [-0.15, -0.1) is 0 Å². The van der Waals surface area contributed by atoms with Gasteiger partial charge in [-0.2, -0.15) is 5.10 Å². The van der Waals surface area contributed by atoms with Crippen LogP contribution in [0.4, 0.5) is 5.82 Å². The van der Waals surface area contributed by atoms with Crippen LogP contribution in [-0.4, -0.2) is 24.9 Å². The molecule has 0 aromatic carbocycles. The van der Waals surface area contributed by atoms with E-state index < -0.39 is 0 Å². The second-order valence-electron chi connectivity index (χ2n) is 6.86. The first-order valence-electron chi connectivity index (χ1n) is 9.07. The average molecular weight is 340 g/mol. The summed E-state index contributed by atoms with van der Waals surface area (Å²) in [5, 5.41) is 12.9. The van der Waals surface area contributed by atoms with Crippen LogP contribution in [-0.2, 0) is 13.5 Å². The molecule has 1 saturated carbocycles. The summed E-state index contributed by atoms with van der Waals surface area (Å²) in [6.07, 6.45) is 7.53. The summed E-state index contributed by atoms with van der Waals surface area (Å²) < 4.78 is 7.27. The van der Waals surface area contributed by atoms with Gasteiger partial charge in [-0.3, -0.25) is 4.68 Å². The van der Waals surface area contributed by atoms with E-state index in [2.05, 4.69) is 29.4 Å². The number of aryl methyl sites for hydroxylation is 2. The van der Waals surface area contributed by atoms with Crippen molar-refractivity contribution in [2.24, 2.45) is 7.05 Å². The Labute approximate surface area is 146 Å². The van der Waals surface area contributed by atoms with Crippen molar-refractivity contribution in [3.63, 3.8) is 0 Å². The lowest BCUT2D eigenvalue weighted by Crippen LogP contribution is -2.11. The van der Waals surface area contributed by atoms with Gasteiger partial charge in [-0.1, -0.05) is 24.9 Å². The van der Waals surface area contributed by atoms with Crippen molar-refractivity contribution < 1.29 is 4.52 Å². The summed E-state index contributed by atoms with van der Waals surface area (Å²) in [5.41, 5.74) is 1.84. The van der Waals surface area contributed by atoms with Crippen molar-refractivity contribution in [3.8, 4) is 0 Å². The molecule has 3 heterocycles. The second-order valence-corrected chi connectivity index (χ2v) is 6.86. The van der Waals surface area contributed by atoms with E-state index in [0.717, 1.165) is 40.6 Å². The van der Waals surface area contributed by atoms with E-state index >= 15 is 0 Å². The molecule has 132 valence electrons. The molecule has 3 aromatic rings. The molecule has 1 fully saturated rings. The van der Waals surface area contributed by atoms with E-state index in [4.69, 9.17) is 14.5 Å². The topological polar surface area (TPSA) is 81.7 Å². The smallest absolute Gasteiger partial charge is 0.163 e. The van der Waals surface area contributed by atoms with Crippen molar-refractivity contribution in [1.29, 1.82) is 0 Å². The summed E-state index contributed by atoms with van der Waals surface area (Å²) in [7, 11) is 1.92. The van der Waals surface area contributed by atoms with Gasteiger partial charge in [0, 0.05) is 19.0 Å². The molecule has 1 aliphatic carbocycles. The number of nitrogens with one attached hydrogen (secondary N) is 1. The Balaban J connectivity index is 1.69. The number of rotatable bonds is 5. The number of aromatic nitrogens is 5. The first-order chi connectivity index (χ1) is 12.2. The lowest BCUT2D eigenvalue weighted by molar-refractivity contribution is 0.368. The molecule has 1 atom stereocenters. The Bertz CT molecular complexity index is 877. The molecular formula is C18H24N6O. The van der Waals surface area contributed by atoms with E-state index in [1.54, 1.807) is 0 Å². The van der Waals surface area contributed by atoms with E-state index in [9.17, 15) is 0 Å². The third-order valence-corrected chi connectivity index (χ3v) is 5.05. The van der Waals surface area contributed by atoms with Gasteiger partial charge < -0.3 is 9.84 Å². The number of hydrogen-bond acceptors (Lipinski definition) is 6. The van der Waals surface area contributed by atoms with Crippen LogP contribution >= 0.6 is 0 Å². The molecule has 0 saturated heterocycles. The van der Waals surface area contributed by atoms with Gasteiger partial charge in [-0.25, -0.2) is 9.97 Å². The SMILES string of the molecule is CCc1cc([C@H](C)Nc2nc(C3CCCC3)nc3c2cnn3C)on1. The largest absolute Gasteiger partial charge is 0.360 e. The Hall–Kier alpha value is -2.44. The van der Waals surface area contributed by atoms with Crippen LogP contribution in [0.5, 0.6) is 0 Å². The third-order valence-electron chi connectivity index (χ3n) is 5.05. The minimum Gasteiger partial charge on any atom is -0.360 e. The second kappa shape index (κ2) is 6.46.